The Morgan fingerprint density at radius 3 is 0.426 bits per heavy atom. The minimum atomic E-state index is 0. The molecule has 0 amide bonds. The summed E-state index contributed by atoms with van der Waals surface area (Å²) in [5.41, 5.74) is 0. The van der Waals surface area contributed by atoms with E-state index in [9.17, 15) is 0 Å². The summed E-state index contributed by atoms with van der Waals surface area (Å²) >= 11 is 0. The molecule has 8 rings (SSSR count). The summed E-state index contributed by atoms with van der Waals surface area (Å²) in [7, 11) is 0. The summed E-state index contributed by atoms with van der Waals surface area (Å²) in [6, 6.07) is 44.8. The van der Waals surface area contributed by atoms with Crippen LogP contribution in [-0.2, 0) is 39.0 Å². The minimum Gasteiger partial charge on any atom is -0.369 e. The molecule has 0 aliphatic heterocycles. The number of nitrogens with zero attached hydrogens (tertiary/aromatic N) is 12. The first-order valence-corrected chi connectivity index (χ1v) is 16.0. The predicted octanol–water partition coefficient (Wildman–Crippen LogP) is 11.2. The van der Waals surface area contributed by atoms with Crippen molar-refractivity contribution in [3.63, 3.8) is 0 Å². The van der Waals surface area contributed by atoms with Gasteiger partial charge in [0.2, 0.25) is 0 Å². The number of hydrogen-bond donors (Lipinski definition) is 0. The van der Waals surface area contributed by atoms with Gasteiger partial charge in [0.1, 0.15) is 0 Å². The maximum atomic E-state index is 4.22. The molecule has 0 atom stereocenters. The first kappa shape index (κ1) is 42.1. The molecule has 2 radical (unpaired) electrons. The average molecular weight is 887 g/mol. The van der Waals surface area contributed by atoms with E-state index in [0.29, 0.717) is 46.5 Å². The van der Waals surface area contributed by atoms with Gasteiger partial charge in [-0.2, -0.15) is 0 Å². The van der Waals surface area contributed by atoms with Gasteiger partial charge in [-0.1, -0.05) is 97.1 Å². The van der Waals surface area contributed by atoms with Crippen molar-refractivity contribution in [2.24, 2.45) is 0 Å². The molecule has 8 aromatic rings. The molecule has 14 heteroatoms. The van der Waals surface area contributed by atoms with Crippen molar-refractivity contribution >= 4 is 46.5 Å². The van der Waals surface area contributed by atoms with E-state index < -0.39 is 0 Å². The molecule has 0 saturated carbocycles. The van der Waals surface area contributed by atoms with Crippen LogP contribution < -0.4 is 0 Å². The molecule has 0 aliphatic rings. The van der Waals surface area contributed by atoms with Crippen molar-refractivity contribution in [1.82, 2.24) is 39.9 Å². The Kier molecular flexibility index (Phi) is 19.9. The summed E-state index contributed by atoms with van der Waals surface area (Å²) in [6.07, 6.45) is 13.7. The topological polar surface area (TPSA) is 160 Å². The summed E-state index contributed by atoms with van der Waals surface area (Å²) in [6.45, 7) is 0. The summed E-state index contributed by atoms with van der Waals surface area (Å²) in [5.74, 6) is 5.45. The van der Waals surface area contributed by atoms with E-state index >= 15 is 0 Å². The van der Waals surface area contributed by atoms with Crippen LogP contribution in [0.3, 0.4) is 0 Å². The third-order valence-corrected chi connectivity index (χ3v) is 6.11. The van der Waals surface area contributed by atoms with Crippen LogP contribution in [0.25, 0.3) is 21.3 Å². The molecule has 0 bridgehead atoms. The number of pyridine rings is 8. The zero-order chi connectivity index (χ0) is 35.7. The molecular weight excluding hydrogens is 854 g/mol. The Bertz CT molecular complexity index is 1600. The van der Waals surface area contributed by atoms with Crippen LogP contribution in [0.1, 0.15) is 0 Å². The molecule has 0 N–H and O–H groups in total. The molecule has 8 heterocycles. The molecule has 12 nitrogen and oxygen atoms in total. The Labute approximate surface area is 340 Å². The molecule has 0 spiro atoms. The SMILES string of the molecule is [Rh+2].[Rh+2].c1ccc([N-]c2ccccn2)nc1.c1ccc([N-]c2ccccn2)nc1.c1ccc([N-]c2ccccn2)nc1.c1ccc([N-]c2ccccn2)nc1. The van der Waals surface area contributed by atoms with Gasteiger partial charge in [0.15, 0.2) is 0 Å². The second-order valence-electron chi connectivity index (χ2n) is 9.95. The zero-order valence-corrected chi connectivity index (χ0v) is 31.8. The third kappa shape index (κ3) is 16.8. The second-order valence-corrected chi connectivity index (χ2v) is 9.95. The Hall–Kier alpha value is -6.35. The third-order valence-electron chi connectivity index (χ3n) is 6.11. The van der Waals surface area contributed by atoms with Crippen molar-refractivity contribution in [3.05, 3.63) is 216 Å². The van der Waals surface area contributed by atoms with E-state index in [2.05, 4.69) is 61.1 Å². The van der Waals surface area contributed by atoms with Crippen molar-refractivity contribution in [3.8, 4) is 0 Å². The Morgan fingerprint density at radius 1 is 0.204 bits per heavy atom. The van der Waals surface area contributed by atoms with Gasteiger partial charge in [0.25, 0.3) is 0 Å². The molecule has 0 aromatic carbocycles. The fraction of sp³-hybridized carbons (Fsp3) is 0. The van der Waals surface area contributed by atoms with Crippen LogP contribution >= 0.6 is 0 Å². The molecule has 0 unspecified atom stereocenters. The predicted molar refractivity (Wildman–Crippen MR) is 205 cm³/mol. The van der Waals surface area contributed by atoms with Crippen molar-refractivity contribution in [1.29, 1.82) is 0 Å². The Morgan fingerprint density at radius 2 is 0.333 bits per heavy atom. The van der Waals surface area contributed by atoms with Gasteiger partial charge in [0.05, 0.1) is 0 Å². The smallest absolute Gasteiger partial charge is 0.369 e. The van der Waals surface area contributed by atoms with Crippen LogP contribution in [0.5, 0.6) is 0 Å². The standard InChI is InChI=1S/4C10H8N3.2Rh/c4*1-3-7-11-9(5-1)13-10-6-2-4-8-12-10;;/h4*1-8H;;/q4*-1;2*+2. The minimum absolute atomic E-state index is 0. The molecule has 8 aromatic heterocycles. The van der Waals surface area contributed by atoms with Gasteiger partial charge in [-0.15, -0.1) is 0 Å². The summed E-state index contributed by atoms with van der Waals surface area (Å²) < 4.78 is 0. The van der Waals surface area contributed by atoms with Gasteiger partial charge < -0.3 is 61.1 Å². The van der Waals surface area contributed by atoms with Crippen molar-refractivity contribution < 1.29 is 39.0 Å². The molecule has 0 fully saturated rings. The zero-order valence-electron chi connectivity index (χ0n) is 28.5. The summed E-state index contributed by atoms with van der Waals surface area (Å²) in [5, 5.41) is 16.9. The average Bonchev–Trinajstić information content (AvgIpc) is 3.22. The first-order chi connectivity index (χ1) is 25.8. The quantitative estimate of drug-likeness (QED) is 0.136. The fourth-order valence-corrected chi connectivity index (χ4v) is 3.83. The van der Waals surface area contributed by atoms with Crippen LogP contribution in [0.15, 0.2) is 195 Å². The maximum Gasteiger partial charge on any atom is 2.00 e. The van der Waals surface area contributed by atoms with E-state index in [4.69, 9.17) is 0 Å². The van der Waals surface area contributed by atoms with Gasteiger partial charge in [-0.05, 0) is 98.1 Å². The molecule has 0 saturated heterocycles. The van der Waals surface area contributed by atoms with E-state index in [1.807, 2.05) is 146 Å². The normalized spacial score (nSPS) is 9.19. The Balaban J connectivity index is 0.000000191. The number of aromatic nitrogens is 8. The number of rotatable bonds is 8. The van der Waals surface area contributed by atoms with Crippen molar-refractivity contribution in [2.45, 2.75) is 0 Å². The van der Waals surface area contributed by atoms with E-state index in [1.165, 1.54) is 0 Å². The van der Waals surface area contributed by atoms with Gasteiger partial charge in [-0.25, -0.2) is 0 Å². The molecule has 54 heavy (non-hydrogen) atoms. The van der Waals surface area contributed by atoms with Crippen LogP contribution in [-0.4, -0.2) is 39.9 Å². The largest absolute Gasteiger partial charge is 2.00 e. The van der Waals surface area contributed by atoms with Crippen LogP contribution in [0.2, 0.25) is 0 Å². The summed E-state index contributed by atoms with van der Waals surface area (Å²) in [4.78, 5) is 32.5. The molecular formula is C40H32N12Rh2. The first-order valence-electron chi connectivity index (χ1n) is 16.0. The monoisotopic (exact) mass is 886 g/mol. The van der Waals surface area contributed by atoms with E-state index in [-0.39, 0.29) is 39.0 Å². The van der Waals surface area contributed by atoms with Gasteiger partial charge >= 0.3 is 39.0 Å². The maximum absolute atomic E-state index is 4.22. The molecule has 270 valence electrons. The fourth-order valence-electron chi connectivity index (χ4n) is 3.83. The number of hydrogen-bond acceptors (Lipinski definition) is 8. The van der Waals surface area contributed by atoms with E-state index in [1.54, 1.807) is 49.6 Å². The van der Waals surface area contributed by atoms with Gasteiger partial charge in [-0.3, -0.25) is 0 Å². The van der Waals surface area contributed by atoms with Gasteiger partial charge in [0, 0.05) is 46.5 Å². The van der Waals surface area contributed by atoms with Crippen LogP contribution in [0, 0.1) is 0 Å². The second kappa shape index (κ2) is 25.6. The van der Waals surface area contributed by atoms with E-state index in [0.717, 1.165) is 0 Å². The van der Waals surface area contributed by atoms with Crippen molar-refractivity contribution in [2.75, 3.05) is 0 Å². The molecule has 0 aliphatic carbocycles. The van der Waals surface area contributed by atoms with Crippen LogP contribution in [0.4, 0.5) is 46.5 Å².